The molecule has 2 fully saturated rings. The Kier molecular flexibility index (Phi) is 8.82. The lowest BCUT2D eigenvalue weighted by atomic mass is 9.87. The molecule has 7 nitrogen and oxygen atoms in total. The molecule has 5 rings (SSSR count). The number of hydrogen-bond acceptors (Lipinski definition) is 6. The molecule has 0 bridgehead atoms. The second-order valence-corrected chi connectivity index (χ2v) is 11.5. The number of halogens is 2. The monoisotopic (exact) mass is 564 g/mol. The third-order valence-corrected chi connectivity index (χ3v) is 8.41. The molecule has 41 heavy (non-hydrogen) atoms. The number of esters is 1. The van der Waals surface area contributed by atoms with Crippen molar-refractivity contribution >= 4 is 28.5 Å². The number of carbonyl (C=O) groups is 2. The predicted octanol–water partition coefficient (Wildman–Crippen LogP) is 4.96. The minimum atomic E-state index is -3.73. The van der Waals surface area contributed by atoms with Gasteiger partial charge in [0.2, 0.25) is 5.91 Å². The number of pyridine rings is 1. The number of anilines is 1. The van der Waals surface area contributed by atoms with Crippen LogP contribution in [0, 0.1) is 18.8 Å². The maximum absolute atomic E-state index is 15.8. The van der Waals surface area contributed by atoms with Crippen LogP contribution >= 0.6 is 0 Å². The summed E-state index contributed by atoms with van der Waals surface area (Å²) >= 11 is 0. The van der Waals surface area contributed by atoms with E-state index in [0.717, 1.165) is 48.1 Å². The Labute approximate surface area is 239 Å². The fourth-order valence-corrected chi connectivity index (χ4v) is 6.04. The Morgan fingerprint density at radius 3 is 2.56 bits per heavy atom. The highest BCUT2D eigenvalue weighted by molar-refractivity contribution is 5.94. The smallest absolute Gasteiger partial charge is 0.377 e. The van der Waals surface area contributed by atoms with Crippen LogP contribution < -0.4 is 10.2 Å². The number of piperidine rings is 2. The molecular weight excluding hydrogens is 526 g/mol. The zero-order valence-corrected chi connectivity index (χ0v) is 23.7. The van der Waals surface area contributed by atoms with Crippen LogP contribution in [-0.2, 0) is 20.9 Å². The second kappa shape index (κ2) is 12.5. The highest BCUT2D eigenvalue weighted by atomic mass is 19.3. The van der Waals surface area contributed by atoms with Crippen molar-refractivity contribution in [3.05, 3.63) is 71.9 Å². The number of likely N-dealkylation sites (tertiary alicyclic amines) is 1. The molecule has 1 N–H and O–H groups in total. The van der Waals surface area contributed by atoms with E-state index >= 15 is 8.78 Å². The molecule has 0 spiro atoms. The zero-order valence-electron chi connectivity index (χ0n) is 23.7. The standard InChI is InChI=1S/C32H38F2N4O3/c1-22-10-11-28(27-9-6-14-35-30(22)27)38-19-25(32(33,34)31(40)41-21-24-7-4-3-5-8-24)18-26(20-38)36-29(39)17-23-12-15-37(2)16-13-23/h3-11,14,23,25-26H,12-13,15-21H2,1-2H3,(H,36,39)/t25-,26+/m0/s1. The van der Waals surface area contributed by atoms with Gasteiger partial charge in [-0.05, 0) is 81.6 Å². The van der Waals surface area contributed by atoms with Crippen LogP contribution in [0.4, 0.5) is 14.5 Å². The molecule has 3 heterocycles. The van der Waals surface area contributed by atoms with Crippen molar-refractivity contribution in [2.24, 2.45) is 11.8 Å². The second-order valence-electron chi connectivity index (χ2n) is 11.5. The van der Waals surface area contributed by atoms with E-state index in [2.05, 4.69) is 22.2 Å². The molecule has 1 aromatic heterocycles. The Balaban J connectivity index is 1.36. The van der Waals surface area contributed by atoms with Crippen molar-refractivity contribution < 1.29 is 23.1 Å². The molecule has 2 aliphatic heterocycles. The average Bonchev–Trinajstić information content (AvgIpc) is 2.97. The minimum Gasteiger partial charge on any atom is -0.456 e. The number of aromatic nitrogens is 1. The van der Waals surface area contributed by atoms with E-state index in [1.165, 1.54) is 0 Å². The van der Waals surface area contributed by atoms with Gasteiger partial charge in [-0.3, -0.25) is 9.78 Å². The number of rotatable bonds is 8. The van der Waals surface area contributed by atoms with Gasteiger partial charge in [-0.25, -0.2) is 4.79 Å². The molecule has 9 heteroatoms. The van der Waals surface area contributed by atoms with E-state index in [9.17, 15) is 9.59 Å². The number of alkyl halides is 2. The summed E-state index contributed by atoms with van der Waals surface area (Å²) in [5, 5.41) is 3.89. The third-order valence-electron chi connectivity index (χ3n) is 8.41. The van der Waals surface area contributed by atoms with Crippen LogP contribution in [0.3, 0.4) is 0 Å². The number of nitrogens with zero attached hydrogens (tertiary/aromatic N) is 3. The van der Waals surface area contributed by atoms with Crippen molar-refractivity contribution in [1.29, 1.82) is 0 Å². The number of hydrogen-bond donors (Lipinski definition) is 1. The molecule has 3 aromatic rings. The fraction of sp³-hybridized carbons (Fsp3) is 0.469. The molecule has 0 aliphatic carbocycles. The molecule has 218 valence electrons. The van der Waals surface area contributed by atoms with Crippen molar-refractivity contribution in [2.75, 3.05) is 38.1 Å². The van der Waals surface area contributed by atoms with Crippen LogP contribution in [0.15, 0.2) is 60.8 Å². The molecule has 2 atom stereocenters. The largest absolute Gasteiger partial charge is 0.456 e. The normalized spacial score (nSPS) is 20.6. The lowest BCUT2D eigenvalue weighted by Gasteiger charge is -2.42. The number of nitrogens with one attached hydrogen (secondary N) is 1. The Bertz CT molecular complexity index is 1360. The third kappa shape index (κ3) is 6.84. The van der Waals surface area contributed by atoms with Gasteiger partial charge in [0.25, 0.3) is 0 Å². The van der Waals surface area contributed by atoms with E-state index in [-0.39, 0.29) is 31.4 Å². The zero-order chi connectivity index (χ0) is 29.0. The molecule has 2 aromatic carbocycles. The van der Waals surface area contributed by atoms with Crippen molar-refractivity contribution in [3.63, 3.8) is 0 Å². The summed E-state index contributed by atoms with van der Waals surface area (Å²) < 4.78 is 36.6. The summed E-state index contributed by atoms with van der Waals surface area (Å²) in [4.78, 5) is 34.4. The summed E-state index contributed by atoms with van der Waals surface area (Å²) in [5.74, 6) is -6.47. The molecule has 1 amide bonds. The maximum atomic E-state index is 15.8. The summed E-state index contributed by atoms with van der Waals surface area (Å²) in [6, 6.07) is 15.8. The topological polar surface area (TPSA) is 74.8 Å². The number of carbonyl (C=O) groups excluding carboxylic acids is 2. The minimum absolute atomic E-state index is 0.0227. The van der Waals surface area contributed by atoms with E-state index in [1.807, 2.05) is 42.2 Å². The van der Waals surface area contributed by atoms with Gasteiger partial charge in [-0.15, -0.1) is 0 Å². The van der Waals surface area contributed by atoms with Gasteiger partial charge < -0.3 is 19.9 Å². The van der Waals surface area contributed by atoms with Crippen molar-refractivity contribution in [3.8, 4) is 0 Å². The highest BCUT2D eigenvalue weighted by Gasteiger charge is 2.52. The Morgan fingerprint density at radius 1 is 1.05 bits per heavy atom. The first-order valence-electron chi connectivity index (χ1n) is 14.4. The van der Waals surface area contributed by atoms with Crippen LogP contribution in [0.1, 0.15) is 36.8 Å². The van der Waals surface area contributed by atoms with Crippen LogP contribution in [0.5, 0.6) is 0 Å². The summed E-state index contributed by atoms with van der Waals surface area (Å²) in [7, 11) is 2.07. The quantitative estimate of drug-likeness (QED) is 0.390. The van der Waals surface area contributed by atoms with Gasteiger partial charge in [0, 0.05) is 42.8 Å². The molecule has 2 aliphatic rings. The number of fused-ring (bicyclic) bond motifs is 1. The van der Waals surface area contributed by atoms with Crippen LogP contribution in [0.2, 0.25) is 0 Å². The van der Waals surface area contributed by atoms with Crippen LogP contribution in [-0.4, -0.2) is 67.0 Å². The first kappa shape index (κ1) is 28.9. The van der Waals surface area contributed by atoms with Gasteiger partial charge >= 0.3 is 11.9 Å². The SMILES string of the molecule is Cc1ccc(N2C[C@H](NC(=O)CC3CCN(C)CC3)C[C@H](C(F)(F)C(=O)OCc3ccccc3)C2)c2cccnc12. The van der Waals surface area contributed by atoms with Gasteiger partial charge in [0.05, 0.1) is 11.4 Å². The number of benzene rings is 2. The van der Waals surface area contributed by atoms with Crippen molar-refractivity contribution in [1.82, 2.24) is 15.2 Å². The molecule has 0 radical (unpaired) electrons. The fourth-order valence-electron chi connectivity index (χ4n) is 6.04. The highest BCUT2D eigenvalue weighted by Crippen LogP contribution is 2.38. The summed E-state index contributed by atoms with van der Waals surface area (Å²) in [6.07, 6.45) is 3.95. The number of ether oxygens (including phenoxy) is 1. The predicted molar refractivity (Wildman–Crippen MR) is 155 cm³/mol. The summed E-state index contributed by atoms with van der Waals surface area (Å²) in [5.41, 5.74) is 3.17. The lowest BCUT2D eigenvalue weighted by Crippen LogP contribution is -2.56. The molecule has 2 saturated heterocycles. The van der Waals surface area contributed by atoms with E-state index in [0.29, 0.717) is 18.5 Å². The lowest BCUT2D eigenvalue weighted by molar-refractivity contribution is -0.182. The van der Waals surface area contributed by atoms with Gasteiger partial charge in [-0.2, -0.15) is 8.78 Å². The first-order chi connectivity index (χ1) is 19.7. The summed E-state index contributed by atoms with van der Waals surface area (Å²) in [6.45, 7) is 3.93. The van der Waals surface area contributed by atoms with E-state index in [1.54, 1.807) is 30.5 Å². The molecule has 0 saturated carbocycles. The number of amides is 1. The number of aryl methyl sites for hydroxylation is 1. The Morgan fingerprint density at radius 2 is 1.80 bits per heavy atom. The van der Waals surface area contributed by atoms with Gasteiger partial charge in [-0.1, -0.05) is 36.4 Å². The van der Waals surface area contributed by atoms with E-state index in [4.69, 9.17) is 4.74 Å². The van der Waals surface area contributed by atoms with Gasteiger partial charge in [0.1, 0.15) is 6.61 Å². The van der Waals surface area contributed by atoms with Crippen LogP contribution in [0.25, 0.3) is 10.9 Å². The Hall–Kier alpha value is -3.59. The van der Waals surface area contributed by atoms with Gasteiger partial charge in [0.15, 0.2) is 0 Å². The molecule has 0 unspecified atom stereocenters. The first-order valence-corrected chi connectivity index (χ1v) is 14.4. The van der Waals surface area contributed by atoms with Crippen molar-refractivity contribution in [2.45, 2.75) is 51.2 Å². The average molecular weight is 565 g/mol. The van der Waals surface area contributed by atoms with E-state index < -0.39 is 23.9 Å². The molecular formula is C32H38F2N4O3. The maximum Gasteiger partial charge on any atom is 0.377 e.